The third-order valence-corrected chi connectivity index (χ3v) is 6.93. The zero-order valence-electron chi connectivity index (χ0n) is 19.6. The molecule has 0 fully saturated rings. The van der Waals surface area contributed by atoms with Crippen LogP contribution in [0.1, 0.15) is 38.7 Å². The lowest BCUT2D eigenvalue weighted by Gasteiger charge is -2.33. The standard InChI is InChI=1S/C24H31Cl2N3O4S/c1-4-6-14-27-24(31)21(5-2)28(16-18-10-8-7-9-11-18)23(30)17-29(34(3,32)33)22-13-12-19(25)15-20(22)26/h7-13,15,21H,4-6,14,16-17H2,1-3H3,(H,27,31)/t21-/m1/s1. The van der Waals surface area contributed by atoms with Gasteiger partial charge in [-0.1, -0.05) is 73.8 Å². The van der Waals surface area contributed by atoms with Crippen molar-refractivity contribution >= 4 is 50.7 Å². The van der Waals surface area contributed by atoms with Crippen LogP contribution in [0.15, 0.2) is 48.5 Å². The van der Waals surface area contributed by atoms with Gasteiger partial charge in [-0.25, -0.2) is 8.42 Å². The highest BCUT2D eigenvalue weighted by Gasteiger charge is 2.32. The molecule has 2 aromatic carbocycles. The van der Waals surface area contributed by atoms with Crippen LogP contribution in [0.25, 0.3) is 0 Å². The Morgan fingerprint density at radius 1 is 1.06 bits per heavy atom. The maximum absolute atomic E-state index is 13.6. The highest BCUT2D eigenvalue weighted by atomic mass is 35.5. The number of amides is 2. The van der Waals surface area contributed by atoms with Gasteiger partial charge in [-0.2, -0.15) is 0 Å². The number of benzene rings is 2. The Labute approximate surface area is 212 Å². The van der Waals surface area contributed by atoms with E-state index in [0.717, 1.165) is 29.0 Å². The first-order valence-corrected chi connectivity index (χ1v) is 13.7. The molecule has 2 rings (SSSR count). The highest BCUT2D eigenvalue weighted by molar-refractivity contribution is 7.92. The maximum atomic E-state index is 13.6. The van der Waals surface area contributed by atoms with Crippen LogP contribution in [0.5, 0.6) is 0 Å². The van der Waals surface area contributed by atoms with E-state index in [1.165, 1.54) is 23.1 Å². The van der Waals surface area contributed by atoms with Crippen LogP contribution in [0.3, 0.4) is 0 Å². The van der Waals surface area contributed by atoms with E-state index in [9.17, 15) is 18.0 Å². The summed E-state index contributed by atoms with van der Waals surface area (Å²) in [7, 11) is -3.87. The van der Waals surface area contributed by atoms with Crippen molar-refractivity contribution in [2.75, 3.05) is 23.7 Å². The zero-order valence-corrected chi connectivity index (χ0v) is 22.0. The third-order valence-electron chi connectivity index (χ3n) is 5.27. The van der Waals surface area contributed by atoms with Gasteiger partial charge in [0.1, 0.15) is 12.6 Å². The lowest BCUT2D eigenvalue weighted by atomic mass is 10.1. The summed E-state index contributed by atoms with van der Waals surface area (Å²) < 4.78 is 26.2. The lowest BCUT2D eigenvalue weighted by molar-refractivity contribution is -0.140. The van der Waals surface area contributed by atoms with Gasteiger partial charge in [-0.15, -0.1) is 0 Å². The summed E-state index contributed by atoms with van der Waals surface area (Å²) >= 11 is 12.2. The quantitative estimate of drug-likeness (QED) is 0.412. The molecule has 0 aliphatic rings. The summed E-state index contributed by atoms with van der Waals surface area (Å²) in [5.74, 6) is -0.784. The Morgan fingerprint density at radius 3 is 2.29 bits per heavy atom. The molecule has 10 heteroatoms. The van der Waals surface area contributed by atoms with Crippen molar-refractivity contribution in [3.63, 3.8) is 0 Å². The van der Waals surface area contributed by atoms with Gasteiger partial charge < -0.3 is 10.2 Å². The molecule has 0 radical (unpaired) electrons. The fraction of sp³-hybridized carbons (Fsp3) is 0.417. The molecule has 2 amide bonds. The van der Waals surface area contributed by atoms with Gasteiger partial charge in [-0.05, 0) is 36.6 Å². The molecule has 186 valence electrons. The first-order chi connectivity index (χ1) is 16.1. The smallest absolute Gasteiger partial charge is 0.244 e. The van der Waals surface area contributed by atoms with Crippen LogP contribution in [0.2, 0.25) is 10.0 Å². The van der Waals surface area contributed by atoms with E-state index in [1.807, 2.05) is 44.2 Å². The van der Waals surface area contributed by atoms with Crippen LogP contribution >= 0.6 is 23.2 Å². The van der Waals surface area contributed by atoms with Gasteiger partial charge in [-0.3, -0.25) is 13.9 Å². The minimum absolute atomic E-state index is 0.102. The topological polar surface area (TPSA) is 86.8 Å². The molecule has 0 unspecified atom stereocenters. The summed E-state index contributed by atoms with van der Waals surface area (Å²) in [6, 6.07) is 12.9. The second-order valence-electron chi connectivity index (χ2n) is 7.94. The van der Waals surface area contributed by atoms with Gasteiger partial charge >= 0.3 is 0 Å². The summed E-state index contributed by atoms with van der Waals surface area (Å²) in [5, 5.41) is 3.33. The average molecular weight is 529 g/mol. The molecule has 0 bridgehead atoms. The van der Waals surface area contributed by atoms with Crippen LogP contribution in [-0.2, 0) is 26.2 Å². The lowest BCUT2D eigenvalue weighted by Crippen LogP contribution is -2.52. The van der Waals surface area contributed by atoms with Crippen molar-refractivity contribution in [3.05, 3.63) is 64.1 Å². The molecule has 0 saturated carbocycles. The first kappa shape index (κ1) is 28.0. The van der Waals surface area contributed by atoms with E-state index in [-0.39, 0.29) is 23.2 Å². The van der Waals surface area contributed by atoms with Gasteiger partial charge in [0.05, 0.1) is 17.0 Å². The van der Waals surface area contributed by atoms with Gasteiger partial charge in [0.15, 0.2) is 0 Å². The number of rotatable bonds is 12. The molecule has 1 atom stereocenters. The van der Waals surface area contributed by atoms with Crippen LogP contribution in [-0.4, -0.2) is 50.5 Å². The predicted octanol–water partition coefficient (Wildman–Crippen LogP) is 4.48. The minimum atomic E-state index is -3.87. The van der Waals surface area contributed by atoms with Crippen molar-refractivity contribution in [1.29, 1.82) is 0 Å². The molecule has 1 N–H and O–H groups in total. The van der Waals surface area contributed by atoms with Crippen LogP contribution in [0, 0.1) is 0 Å². The minimum Gasteiger partial charge on any atom is -0.354 e. The molecule has 0 heterocycles. The SMILES string of the molecule is CCCCNC(=O)[C@@H](CC)N(Cc1ccccc1)C(=O)CN(c1ccc(Cl)cc1Cl)S(C)(=O)=O. The summed E-state index contributed by atoms with van der Waals surface area (Å²) in [4.78, 5) is 27.9. The predicted molar refractivity (Wildman–Crippen MR) is 138 cm³/mol. The number of sulfonamides is 1. The van der Waals surface area contributed by atoms with Gasteiger partial charge in [0.25, 0.3) is 0 Å². The Balaban J connectivity index is 2.40. The summed E-state index contributed by atoms with van der Waals surface area (Å²) in [6.07, 6.45) is 3.12. The number of halogens is 2. The molecular formula is C24H31Cl2N3O4S. The number of unbranched alkanes of at least 4 members (excludes halogenated alkanes) is 1. The number of nitrogens with zero attached hydrogens (tertiary/aromatic N) is 2. The Bertz CT molecular complexity index is 1080. The normalized spacial score (nSPS) is 12.1. The molecule has 0 aliphatic heterocycles. The summed E-state index contributed by atoms with van der Waals surface area (Å²) in [6.45, 7) is 4.00. The molecule has 34 heavy (non-hydrogen) atoms. The van der Waals surface area contributed by atoms with E-state index in [0.29, 0.717) is 18.0 Å². The number of hydrogen-bond donors (Lipinski definition) is 1. The van der Waals surface area contributed by atoms with Crippen LogP contribution < -0.4 is 9.62 Å². The van der Waals surface area contributed by atoms with Gasteiger partial charge in [0, 0.05) is 18.1 Å². The monoisotopic (exact) mass is 527 g/mol. The van der Waals surface area contributed by atoms with Gasteiger partial charge in [0.2, 0.25) is 21.8 Å². The Kier molecular flexibility index (Phi) is 10.7. The third kappa shape index (κ3) is 7.89. The molecular weight excluding hydrogens is 497 g/mol. The number of nitrogens with one attached hydrogen (secondary N) is 1. The van der Waals surface area contributed by atoms with E-state index in [2.05, 4.69) is 5.32 Å². The summed E-state index contributed by atoms with van der Waals surface area (Å²) in [5.41, 5.74) is 0.966. The molecule has 2 aromatic rings. The fourth-order valence-electron chi connectivity index (χ4n) is 3.48. The largest absolute Gasteiger partial charge is 0.354 e. The van der Waals surface area contributed by atoms with Crippen molar-refractivity contribution in [2.45, 2.75) is 45.7 Å². The molecule has 0 spiro atoms. The first-order valence-electron chi connectivity index (χ1n) is 11.1. The number of anilines is 1. The molecule has 0 aliphatic carbocycles. The highest BCUT2D eigenvalue weighted by Crippen LogP contribution is 2.30. The molecule has 0 aromatic heterocycles. The van der Waals surface area contributed by atoms with Crippen LogP contribution in [0.4, 0.5) is 5.69 Å². The van der Waals surface area contributed by atoms with Crippen molar-refractivity contribution in [1.82, 2.24) is 10.2 Å². The van der Waals surface area contributed by atoms with Crippen molar-refractivity contribution < 1.29 is 18.0 Å². The Morgan fingerprint density at radius 2 is 1.74 bits per heavy atom. The van der Waals surface area contributed by atoms with E-state index < -0.39 is 28.5 Å². The Hall–Kier alpha value is -2.29. The van der Waals surface area contributed by atoms with E-state index >= 15 is 0 Å². The van der Waals surface area contributed by atoms with Crippen molar-refractivity contribution in [2.24, 2.45) is 0 Å². The number of hydrogen-bond acceptors (Lipinski definition) is 4. The maximum Gasteiger partial charge on any atom is 0.244 e. The van der Waals surface area contributed by atoms with Crippen molar-refractivity contribution in [3.8, 4) is 0 Å². The molecule has 7 nitrogen and oxygen atoms in total. The molecule has 0 saturated heterocycles. The van der Waals surface area contributed by atoms with E-state index in [1.54, 1.807) is 0 Å². The second-order valence-corrected chi connectivity index (χ2v) is 10.7. The second kappa shape index (κ2) is 13.0. The van der Waals surface area contributed by atoms with E-state index in [4.69, 9.17) is 23.2 Å². The zero-order chi connectivity index (χ0) is 25.3. The number of carbonyl (C=O) groups excluding carboxylic acids is 2. The average Bonchev–Trinajstić information content (AvgIpc) is 2.78. The number of carbonyl (C=O) groups is 2. The fourth-order valence-corrected chi connectivity index (χ4v) is 4.91.